The first kappa shape index (κ1) is 18.6. The molecule has 140 valence electrons. The van der Waals surface area contributed by atoms with Gasteiger partial charge in [-0.15, -0.1) is 0 Å². The summed E-state index contributed by atoms with van der Waals surface area (Å²) in [4.78, 5) is 39.1. The zero-order chi connectivity index (χ0) is 19.1. The van der Waals surface area contributed by atoms with Gasteiger partial charge in [0.15, 0.2) is 5.78 Å². The Morgan fingerprint density at radius 2 is 1.69 bits per heavy atom. The molecule has 5 heteroatoms. The average Bonchev–Trinajstić information content (AvgIpc) is 2.71. The van der Waals surface area contributed by atoms with Crippen molar-refractivity contribution in [3.05, 3.63) is 33.9 Å². The molecule has 2 aliphatic rings. The van der Waals surface area contributed by atoms with Crippen LogP contribution in [-0.2, 0) is 11.3 Å². The molecule has 1 spiro atoms. The molecule has 0 bridgehead atoms. The topological polar surface area (TPSA) is 66.5 Å². The molecule has 1 aromatic rings. The van der Waals surface area contributed by atoms with Crippen molar-refractivity contribution in [1.82, 2.24) is 10.2 Å². The molecule has 26 heavy (non-hydrogen) atoms. The molecule has 1 saturated heterocycles. The number of imide groups is 1. The van der Waals surface area contributed by atoms with Crippen LogP contribution in [0.5, 0.6) is 0 Å². The number of Topliss-reactive ketones (excluding diaryl/α,β-unsaturated/α-hetero) is 1. The van der Waals surface area contributed by atoms with Crippen LogP contribution in [0.3, 0.4) is 0 Å². The van der Waals surface area contributed by atoms with E-state index in [4.69, 9.17) is 0 Å². The molecule has 1 aromatic carbocycles. The molecule has 1 N–H and O–H groups in total. The Morgan fingerprint density at radius 3 is 2.27 bits per heavy atom. The number of nitrogens with one attached hydrogen (secondary N) is 1. The number of hydrogen-bond donors (Lipinski definition) is 1. The van der Waals surface area contributed by atoms with E-state index in [0.717, 1.165) is 60.8 Å². The minimum absolute atomic E-state index is 0.0127. The quantitative estimate of drug-likeness (QED) is 0.658. The fourth-order valence-electron chi connectivity index (χ4n) is 4.66. The van der Waals surface area contributed by atoms with Crippen LogP contribution in [0, 0.1) is 20.8 Å². The molecule has 3 rings (SSSR count). The first-order valence-corrected chi connectivity index (χ1v) is 9.51. The third kappa shape index (κ3) is 3.04. The van der Waals surface area contributed by atoms with Crippen LogP contribution in [0.15, 0.2) is 6.07 Å². The fourth-order valence-corrected chi connectivity index (χ4v) is 4.66. The summed E-state index contributed by atoms with van der Waals surface area (Å²) in [5, 5.41) is 2.99. The molecule has 0 radical (unpaired) electrons. The fraction of sp³-hybridized carbons (Fsp3) is 0.571. The number of amides is 3. The van der Waals surface area contributed by atoms with Gasteiger partial charge in [0, 0.05) is 5.56 Å². The van der Waals surface area contributed by atoms with Crippen LogP contribution in [0.25, 0.3) is 0 Å². The van der Waals surface area contributed by atoms with Crippen molar-refractivity contribution in [3.63, 3.8) is 0 Å². The third-order valence-corrected chi connectivity index (χ3v) is 6.00. The van der Waals surface area contributed by atoms with Gasteiger partial charge in [0.1, 0.15) is 5.54 Å². The van der Waals surface area contributed by atoms with E-state index in [-0.39, 0.29) is 24.3 Å². The molecule has 1 saturated carbocycles. The Bertz CT molecular complexity index is 774. The molecular formula is C21H28N2O3. The smallest absolute Gasteiger partial charge is 0.323 e. The molecule has 0 atom stereocenters. The van der Waals surface area contributed by atoms with Crippen molar-refractivity contribution < 1.29 is 14.4 Å². The van der Waals surface area contributed by atoms with Gasteiger partial charge in [0.25, 0.3) is 5.91 Å². The lowest BCUT2D eigenvalue weighted by atomic mass is 9.89. The van der Waals surface area contributed by atoms with Crippen molar-refractivity contribution >= 4 is 17.7 Å². The van der Waals surface area contributed by atoms with E-state index in [1.165, 1.54) is 4.90 Å². The van der Waals surface area contributed by atoms with E-state index in [2.05, 4.69) is 5.32 Å². The number of carbonyl (C=O) groups is 3. The van der Waals surface area contributed by atoms with Crippen molar-refractivity contribution in [2.45, 2.75) is 78.3 Å². The largest absolute Gasteiger partial charge is 0.325 e. The Kier molecular flexibility index (Phi) is 4.91. The van der Waals surface area contributed by atoms with E-state index in [0.29, 0.717) is 5.56 Å². The minimum Gasteiger partial charge on any atom is -0.323 e. The number of hydrogen-bond acceptors (Lipinski definition) is 3. The first-order valence-electron chi connectivity index (χ1n) is 9.51. The van der Waals surface area contributed by atoms with Gasteiger partial charge in [-0.05, 0) is 62.8 Å². The molecule has 5 nitrogen and oxygen atoms in total. The van der Waals surface area contributed by atoms with Gasteiger partial charge in [0.05, 0.1) is 6.54 Å². The highest BCUT2D eigenvalue weighted by Gasteiger charge is 2.50. The van der Waals surface area contributed by atoms with Gasteiger partial charge in [-0.25, -0.2) is 4.79 Å². The van der Waals surface area contributed by atoms with Gasteiger partial charge in [-0.2, -0.15) is 0 Å². The van der Waals surface area contributed by atoms with Crippen molar-refractivity contribution in [2.24, 2.45) is 0 Å². The summed E-state index contributed by atoms with van der Waals surface area (Å²) in [6.07, 6.45) is 5.61. The first-order chi connectivity index (χ1) is 12.3. The summed E-state index contributed by atoms with van der Waals surface area (Å²) in [6, 6.07) is 1.67. The molecule has 2 fully saturated rings. The van der Waals surface area contributed by atoms with Gasteiger partial charge < -0.3 is 5.32 Å². The molecular weight excluding hydrogens is 328 g/mol. The van der Waals surface area contributed by atoms with E-state index in [1.54, 1.807) is 6.92 Å². The Balaban J connectivity index is 1.94. The second-order valence-electron chi connectivity index (χ2n) is 7.86. The maximum atomic E-state index is 13.1. The number of benzene rings is 1. The molecule has 0 unspecified atom stereocenters. The molecule has 1 aliphatic heterocycles. The SMILES string of the molecule is CC(=O)c1c(C)cc(C)c(CN2C(=O)NC3(CCCCCC3)C2=O)c1C. The summed E-state index contributed by atoms with van der Waals surface area (Å²) in [6.45, 7) is 7.59. The number of urea groups is 1. The van der Waals surface area contributed by atoms with Crippen LogP contribution >= 0.6 is 0 Å². The zero-order valence-corrected chi connectivity index (χ0v) is 16.2. The van der Waals surface area contributed by atoms with E-state index < -0.39 is 5.54 Å². The number of carbonyl (C=O) groups excluding carboxylic acids is 3. The van der Waals surface area contributed by atoms with Crippen molar-refractivity contribution in [1.29, 1.82) is 0 Å². The Hall–Kier alpha value is -2.17. The maximum absolute atomic E-state index is 13.1. The van der Waals surface area contributed by atoms with Gasteiger partial charge >= 0.3 is 6.03 Å². The average molecular weight is 356 g/mol. The summed E-state index contributed by atoms with van der Waals surface area (Å²) in [5.74, 6) is -0.0909. The van der Waals surface area contributed by atoms with Gasteiger partial charge in [-0.1, -0.05) is 31.7 Å². The summed E-state index contributed by atoms with van der Waals surface area (Å²) in [7, 11) is 0. The van der Waals surface area contributed by atoms with E-state index in [9.17, 15) is 14.4 Å². The predicted octanol–water partition coefficient (Wildman–Crippen LogP) is 3.96. The van der Waals surface area contributed by atoms with Crippen LogP contribution in [0.2, 0.25) is 0 Å². The second-order valence-corrected chi connectivity index (χ2v) is 7.86. The standard InChI is InChI=1S/C21H28N2O3/c1-13-11-14(2)18(16(4)24)15(3)17(13)12-23-19(25)21(22-20(23)26)9-7-5-6-8-10-21/h11H,5-10,12H2,1-4H3,(H,22,26). The number of ketones is 1. The monoisotopic (exact) mass is 356 g/mol. The summed E-state index contributed by atoms with van der Waals surface area (Å²) >= 11 is 0. The minimum atomic E-state index is -0.719. The lowest BCUT2D eigenvalue weighted by Crippen LogP contribution is -2.46. The van der Waals surface area contributed by atoms with Crippen molar-refractivity contribution in [3.8, 4) is 0 Å². The normalized spacial score (nSPS) is 19.6. The molecule has 0 aromatic heterocycles. The summed E-state index contributed by atoms with van der Waals surface area (Å²) < 4.78 is 0. The number of nitrogens with zero attached hydrogens (tertiary/aromatic N) is 1. The molecule has 1 heterocycles. The van der Waals surface area contributed by atoms with Crippen LogP contribution < -0.4 is 5.32 Å². The van der Waals surface area contributed by atoms with E-state index in [1.807, 2.05) is 26.8 Å². The second kappa shape index (κ2) is 6.86. The third-order valence-electron chi connectivity index (χ3n) is 6.00. The number of rotatable bonds is 3. The maximum Gasteiger partial charge on any atom is 0.325 e. The Morgan fingerprint density at radius 1 is 1.08 bits per heavy atom. The highest BCUT2D eigenvalue weighted by Crippen LogP contribution is 2.34. The summed E-state index contributed by atoms with van der Waals surface area (Å²) in [5.41, 5.74) is 3.69. The van der Waals surface area contributed by atoms with Crippen LogP contribution in [-0.4, -0.2) is 28.2 Å². The predicted molar refractivity (Wildman–Crippen MR) is 100 cm³/mol. The Labute approximate surface area is 155 Å². The van der Waals surface area contributed by atoms with Gasteiger partial charge in [-0.3, -0.25) is 14.5 Å². The molecule has 3 amide bonds. The zero-order valence-electron chi connectivity index (χ0n) is 16.2. The highest BCUT2D eigenvalue weighted by molar-refractivity contribution is 6.07. The molecule has 1 aliphatic carbocycles. The van der Waals surface area contributed by atoms with Gasteiger partial charge in [0.2, 0.25) is 0 Å². The number of aryl methyl sites for hydroxylation is 2. The van der Waals surface area contributed by atoms with Crippen LogP contribution in [0.4, 0.5) is 4.79 Å². The lowest BCUT2D eigenvalue weighted by molar-refractivity contribution is -0.132. The van der Waals surface area contributed by atoms with Crippen LogP contribution in [0.1, 0.15) is 78.1 Å². The van der Waals surface area contributed by atoms with E-state index >= 15 is 0 Å². The lowest BCUT2D eigenvalue weighted by Gasteiger charge is -2.25. The van der Waals surface area contributed by atoms with Crippen molar-refractivity contribution in [2.75, 3.05) is 0 Å². The highest BCUT2D eigenvalue weighted by atomic mass is 16.2.